The maximum Gasteiger partial charge on any atom is 0.0541 e. The fourth-order valence-corrected chi connectivity index (χ4v) is 11.8. The van der Waals surface area contributed by atoms with Gasteiger partial charge < -0.3 is 4.57 Å². The number of hydrogen-bond acceptors (Lipinski definition) is 0. The Bertz CT molecular complexity index is 4250. The lowest BCUT2D eigenvalue weighted by molar-refractivity contribution is 1.20. The molecule has 0 aliphatic rings. The third-order valence-electron chi connectivity index (χ3n) is 14.2. The fourth-order valence-electron chi connectivity index (χ4n) is 11.8. The summed E-state index contributed by atoms with van der Waals surface area (Å²) < 4.78 is 2.48. The summed E-state index contributed by atoms with van der Waals surface area (Å²) in [7, 11) is 0. The Hall–Kier alpha value is -8.00. The van der Waals surface area contributed by atoms with Gasteiger partial charge in [-0.3, -0.25) is 0 Å². The molecule has 0 radical (unpaired) electrons. The average Bonchev–Trinajstić information content (AvgIpc) is 3.95. The van der Waals surface area contributed by atoms with E-state index in [4.69, 9.17) is 0 Å². The molecule has 0 N–H and O–H groups in total. The molecule has 0 unspecified atom stereocenters. The summed E-state index contributed by atoms with van der Waals surface area (Å²) in [5.41, 5.74) is 8.78. The normalized spacial score (nSPS) is 12.6. The Labute approximate surface area is 349 Å². The molecule has 1 heteroatoms. The van der Waals surface area contributed by atoms with Gasteiger partial charge in [-0.1, -0.05) is 164 Å². The standard InChI is InChI=1S/C60H33N/c1-3-13-34(14-4-1)54-47-32-45-41-21-12-22-43-52(61-50-23-9-7-19-39(50)40-20-8-10-24-51(40)61)30-29-42(57(41)43)46(45)33-48(47)55(35-15-5-2-6-16-35)60-49-31-38-18-11-17-36-25-26-37-27-28-44(59(54)60)58(49)56(37)53(36)38/h1-33H. The van der Waals surface area contributed by atoms with Crippen LogP contribution in [0.3, 0.4) is 0 Å². The smallest absolute Gasteiger partial charge is 0.0541 e. The molecule has 0 bridgehead atoms. The zero-order valence-corrected chi connectivity index (χ0v) is 33.0. The molecule has 15 aromatic rings. The van der Waals surface area contributed by atoms with Crippen molar-refractivity contribution in [1.82, 2.24) is 4.57 Å². The number of hydrogen-bond donors (Lipinski definition) is 0. The predicted molar refractivity (Wildman–Crippen MR) is 263 cm³/mol. The maximum atomic E-state index is 2.55. The average molecular weight is 768 g/mol. The van der Waals surface area contributed by atoms with Crippen molar-refractivity contribution < 1.29 is 0 Å². The number of benzene rings is 12. The molecule has 14 aromatic carbocycles. The van der Waals surface area contributed by atoms with Crippen LogP contribution in [0.15, 0.2) is 200 Å². The van der Waals surface area contributed by atoms with Gasteiger partial charge >= 0.3 is 0 Å². The molecular weight excluding hydrogens is 735 g/mol. The van der Waals surface area contributed by atoms with E-state index < -0.39 is 0 Å². The van der Waals surface area contributed by atoms with Crippen LogP contribution in [0, 0.1) is 0 Å². The number of nitrogens with zero attached hydrogens (tertiary/aromatic N) is 1. The molecule has 0 amide bonds. The van der Waals surface area contributed by atoms with E-state index in [9.17, 15) is 0 Å². The van der Waals surface area contributed by atoms with Crippen molar-refractivity contribution in [3.8, 4) is 27.9 Å². The third kappa shape index (κ3) is 3.97. The van der Waals surface area contributed by atoms with Gasteiger partial charge in [-0.25, -0.2) is 0 Å². The Morgan fingerprint density at radius 2 is 0.738 bits per heavy atom. The van der Waals surface area contributed by atoms with Gasteiger partial charge in [0.2, 0.25) is 0 Å². The number of fused-ring (bicyclic) bond motifs is 10. The second-order valence-corrected chi connectivity index (χ2v) is 17.1. The summed E-state index contributed by atoms with van der Waals surface area (Å²) in [5.74, 6) is 0. The first kappa shape index (κ1) is 31.9. The van der Waals surface area contributed by atoms with Gasteiger partial charge in [0.15, 0.2) is 0 Å². The minimum atomic E-state index is 1.21. The number of para-hydroxylation sites is 2. The van der Waals surface area contributed by atoms with E-state index in [1.54, 1.807) is 0 Å². The van der Waals surface area contributed by atoms with E-state index in [0.717, 1.165) is 0 Å². The highest BCUT2D eigenvalue weighted by atomic mass is 15.0. The van der Waals surface area contributed by atoms with Crippen molar-refractivity contribution in [1.29, 1.82) is 0 Å². The van der Waals surface area contributed by atoms with E-state index in [0.29, 0.717) is 0 Å². The van der Waals surface area contributed by atoms with E-state index in [1.807, 2.05) is 0 Å². The summed E-state index contributed by atoms with van der Waals surface area (Å²) in [5, 5.41) is 26.3. The Kier molecular flexibility index (Phi) is 5.96. The van der Waals surface area contributed by atoms with Gasteiger partial charge in [0.05, 0.1) is 16.7 Å². The minimum absolute atomic E-state index is 1.21. The highest BCUT2D eigenvalue weighted by Crippen LogP contribution is 2.55. The molecular formula is C60H33N. The van der Waals surface area contributed by atoms with Gasteiger partial charge in [-0.2, -0.15) is 0 Å². The summed E-state index contributed by atoms with van der Waals surface area (Å²) in [6.45, 7) is 0. The Morgan fingerprint density at radius 3 is 1.43 bits per heavy atom. The largest absolute Gasteiger partial charge is 0.309 e. The minimum Gasteiger partial charge on any atom is -0.309 e. The molecule has 0 fully saturated rings. The van der Waals surface area contributed by atoms with Crippen LogP contribution in [-0.2, 0) is 0 Å². The summed E-state index contributed by atoms with van der Waals surface area (Å²) >= 11 is 0. The van der Waals surface area contributed by atoms with Gasteiger partial charge in [0, 0.05) is 16.2 Å². The second kappa shape index (κ2) is 11.4. The lowest BCUT2D eigenvalue weighted by Gasteiger charge is -2.17. The van der Waals surface area contributed by atoms with Gasteiger partial charge in [-0.05, 0) is 150 Å². The Balaban J connectivity index is 1.16. The van der Waals surface area contributed by atoms with Crippen molar-refractivity contribution in [3.05, 3.63) is 200 Å². The van der Waals surface area contributed by atoms with Crippen LogP contribution in [0.2, 0.25) is 0 Å². The van der Waals surface area contributed by atoms with Crippen LogP contribution in [0.25, 0.3) is 147 Å². The zero-order chi connectivity index (χ0) is 39.5. The molecule has 1 aromatic heterocycles. The lowest BCUT2D eigenvalue weighted by Crippen LogP contribution is -1.95. The van der Waals surface area contributed by atoms with E-state index >= 15 is 0 Å². The van der Waals surface area contributed by atoms with Gasteiger partial charge in [0.1, 0.15) is 0 Å². The highest BCUT2D eigenvalue weighted by Gasteiger charge is 2.27. The van der Waals surface area contributed by atoms with Crippen LogP contribution in [0.1, 0.15) is 0 Å². The molecule has 61 heavy (non-hydrogen) atoms. The van der Waals surface area contributed by atoms with Crippen molar-refractivity contribution in [2.45, 2.75) is 0 Å². The summed E-state index contributed by atoms with van der Waals surface area (Å²) in [4.78, 5) is 0. The van der Waals surface area contributed by atoms with Gasteiger partial charge in [0.25, 0.3) is 0 Å². The first-order chi connectivity index (χ1) is 30.3. The van der Waals surface area contributed by atoms with E-state index in [2.05, 4.69) is 205 Å². The molecule has 0 aliphatic heterocycles. The molecule has 0 atom stereocenters. The van der Waals surface area contributed by atoms with Crippen LogP contribution in [-0.4, -0.2) is 4.57 Å². The topological polar surface area (TPSA) is 4.93 Å². The predicted octanol–water partition coefficient (Wildman–Crippen LogP) is 16.8. The number of aromatic nitrogens is 1. The van der Waals surface area contributed by atoms with Crippen molar-refractivity contribution in [3.63, 3.8) is 0 Å². The Morgan fingerprint density at radius 1 is 0.230 bits per heavy atom. The second-order valence-electron chi connectivity index (χ2n) is 17.1. The maximum absolute atomic E-state index is 2.55. The van der Waals surface area contributed by atoms with Crippen molar-refractivity contribution in [2.75, 3.05) is 0 Å². The third-order valence-corrected chi connectivity index (χ3v) is 14.2. The van der Waals surface area contributed by atoms with Crippen molar-refractivity contribution in [2.24, 2.45) is 0 Å². The van der Waals surface area contributed by atoms with E-state index in [-0.39, 0.29) is 0 Å². The SMILES string of the molecule is c1ccc(-c2c3cc4c(cc3c(-c3ccccc3)c3c5cc6cccc7ccc8ccc(c23)c5c8c76)c2ccc(-n3c5ccccc5c5ccccc53)c3cccc4c32)cc1. The van der Waals surface area contributed by atoms with E-state index in [1.165, 1.54) is 147 Å². The first-order valence-electron chi connectivity index (χ1n) is 21.3. The summed E-state index contributed by atoms with van der Waals surface area (Å²) in [6, 6.07) is 75.4. The fraction of sp³-hybridized carbons (Fsp3) is 0. The van der Waals surface area contributed by atoms with Crippen LogP contribution < -0.4 is 0 Å². The molecule has 1 nitrogen and oxygen atoms in total. The molecule has 0 saturated heterocycles. The quantitative estimate of drug-likeness (QED) is 0.158. The molecule has 15 rings (SSSR count). The van der Waals surface area contributed by atoms with Crippen LogP contribution in [0.4, 0.5) is 0 Å². The molecule has 278 valence electrons. The zero-order valence-electron chi connectivity index (χ0n) is 33.0. The van der Waals surface area contributed by atoms with Crippen LogP contribution >= 0.6 is 0 Å². The van der Waals surface area contributed by atoms with Crippen molar-refractivity contribution >= 4 is 119 Å². The molecule has 0 saturated carbocycles. The van der Waals surface area contributed by atoms with Gasteiger partial charge in [-0.15, -0.1) is 0 Å². The summed E-state index contributed by atoms with van der Waals surface area (Å²) in [6.07, 6.45) is 0. The lowest BCUT2D eigenvalue weighted by atomic mass is 9.85. The first-order valence-corrected chi connectivity index (χ1v) is 21.3. The molecule has 0 spiro atoms. The van der Waals surface area contributed by atoms with Crippen LogP contribution in [0.5, 0.6) is 0 Å². The molecule has 1 heterocycles. The monoisotopic (exact) mass is 767 g/mol. The highest BCUT2D eigenvalue weighted by molar-refractivity contribution is 6.46. The molecule has 0 aliphatic carbocycles. The number of rotatable bonds is 3.